The van der Waals surface area contributed by atoms with Crippen molar-refractivity contribution < 1.29 is 39.0 Å². The summed E-state index contributed by atoms with van der Waals surface area (Å²) in [6.45, 7) is 5.43. The Morgan fingerprint density at radius 2 is 1.46 bits per heavy atom. The summed E-state index contributed by atoms with van der Waals surface area (Å²) < 4.78 is 0. The molecule has 0 spiro atoms. The molecule has 0 saturated heterocycles. The number of hydrogen-bond donors (Lipinski definition) is 8. The van der Waals surface area contributed by atoms with E-state index in [9.17, 15) is 39.0 Å². The number of aliphatic carboxylic acids is 2. The number of nitrogens with two attached hydrogens (primary N) is 3. The molecule has 15 nitrogen and oxygen atoms in total. The smallest absolute Gasteiger partial charge is 0.326 e. The second-order valence-electron chi connectivity index (χ2n) is 11.5. The molecule has 0 heterocycles. The molecule has 2 unspecified atom stereocenters. The van der Waals surface area contributed by atoms with Gasteiger partial charge in [-0.25, -0.2) is 4.79 Å². The predicted octanol–water partition coefficient (Wildman–Crippen LogP) is 0.0453. The number of amides is 3. The lowest BCUT2D eigenvalue weighted by molar-refractivity contribution is -0.143. The van der Waals surface area contributed by atoms with E-state index in [0.29, 0.717) is 31.2 Å². The van der Waals surface area contributed by atoms with Gasteiger partial charge in [0, 0.05) is 25.3 Å². The van der Waals surface area contributed by atoms with Gasteiger partial charge in [-0.3, -0.25) is 29.0 Å². The highest BCUT2D eigenvalue weighted by atomic mass is 16.4. The Morgan fingerprint density at radius 1 is 0.826 bits per heavy atom. The van der Waals surface area contributed by atoms with Crippen LogP contribution in [0.5, 0.6) is 0 Å². The van der Waals surface area contributed by atoms with Crippen LogP contribution >= 0.6 is 0 Å². The number of guanidine groups is 1. The van der Waals surface area contributed by atoms with Crippen molar-refractivity contribution in [1.82, 2.24) is 16.0 Å². The van der Waals surface area contributed by atoms with E-state index in [2.05, 4.69) is 20.9 Å². The minimum absolute atomic E-state index is 0.00380. The molecule has 0 aliphatic rings. The lowest BCUT2D eigenvalue weighted by atomic mass is 9.91. The lowest BCUT2D eigenvalue weighted by Gasteiger charge is -2.27. The molecule has 0 radical (unpaired) electrons. The summed E-state index contributed by atoms with van der Waals surface area (Å²) in [4.78, 5) is 80.0. The van der Waals surface area contributed by atoms with Gasteiger partial charge in [-0.1, -0.05) is 63.9 Å². The van der Waals surface area contributed by atoms with E-state index < -0.39 is 72.1 Å². The number of carboxylic acid groups (broad SMARTS) is 2. The molecule has 15 heteroatoms. The number of ketones is 1. The quantitative estimate of drug-likeness (QED) is 0.0473. The van der Waals surface area contributed by atoms with Crippen molar-refractivity contribution in [1.29, 1.82) is 0 Å². The van der Waals surface area contributed by atoms with Crippen LogP contribution in [0, 0.1) is 11.8 Å². The summed E-state index contributed by atoms with van der Waals surface area (Å²) in [5.74, 6) is -6.95. The first kappa shape index (κ1) is 39.5. The molecule has 1 rings (SSSR count). The van der Waals surface area contributed by atoms with Crippen molar-refractivity contribution >= 4 is 41.4 Å². The number of hydrogen-bond acceptors (Lipinski definition) is 8. The van der Waals surface area contributed by atoms with Crippen LogP contribution in [0.4, 0.5) is 0 Å². The Balaban J connectivity index is 3.03. The van der Waals surface area contributed by atoms with Crippen LogP contribution in [0.25, 0.3) is 0 Å². The molecule has 46 heavy (non-hydrogen) atoms. The molecule has 256 valence electrons. The minimum Gasteiger partial charge on any atom is -0.481 e. The van der Waals surface area contributed by atoms with Crippen molar-refractivity contribution in [2.75, 3.05) is 6.54 Å². The Hall–Kier alpha value is -4.53. The highest BCUT2D eigenvalue weighted by Crippen LogP contribution is 2.17. The third-order valence-electron chi connectivity index (χ3n) is 7.26. The molecule has 3 amide bonds. The summed E-state index contributed by atoms with van der Waals surface area (Å²) in [7, 11) is 0. The van der Waals surface area contributed by atoms with Crippen molar-refractivity contribution in [3.05, 3.63) is 35.9 Å². The number of nitrogens with one attached hydrogen (secondary N) is 3. The van der Waals surface area contributed by atoms with E-state index >= 15 is 0 Å². The average molecular weight is 648 g/mol. The molecule has 0 aliphatic carbocycles. The number of Topliss-reactive ketones (excluding diaryl/α,β-unsaturated/α-hetero) is 1. The van der Waals surface area contributed by atoms with Crippen LogP contribution < -0.4 is 33.2 Å². The van der Waals surface area contributed by atoms with Gasteiger partial charge in [-0.2, -0.15) is 0 Å². The number of benzene rings is 1. The van der Waals surface area contributed by atoms with Gasteiger partial charge in [0.05, 0.1) is 12.5 Å². The molecule has 11 N–H and O–H groups in total. The summed E-state index contributed by atoms with van der Waals surface area (Å²) in [6, 6.07) is 3.69. The Morgan fingerprint density at radius 3 is 2.00 bits per heavy atom. The molecule has 0 aromatic heterocycles. The summed E-state index contributed by atoms with van der Waals surface area (Å²) in [5.41, 5.74) is 17.3. The van der Waals surface area contributed by atoms with Gasteiger partial charge < -0.3 is 43.4 Å². The monoisotopic (exact) mass is 647 g/mol. The van der Waals surface area contributed by atoms with Crippen molar-refractivity contribution in [2.45, 2.75) is 96.3 Å². The fraction of sp³-hybridized carbons (Fsp3) is 0.581. The zero-order valence-corrected chi connectivity index (χ0v) is 26.7. The largest absolute Gasteiger partial charge is 0.481 e. The number of carbonyl (C=O) groups is 6. The van der Waals surface area contributed by atoms with Crippen LogP contribution in [0.15, 0.2) is 35.3 Å². The first-order chi connectivity index (χ1) is 21.7. The molecule has 1 aromatic rings. The number of carboxylic acids is 2. The summed E-state index contributed by atoms with van der Waals surface area (Å²) >= 11 is 0. The number of aliphatic imine (C=N–C) groups is 1. The van der Waals surface area contributed by atoms with E-state index in [-0.39, 0.29) is 37.6 Å². The van der Waals surface area contributed by atoms with Crippen LogP contribution in [0.1, 0.15) is 71.3 Å². The predicted molar refractivity (Wildman–Crippen MR) is 171 cm³/mol. The maximum Gasteiger partial charge on any atom is 0.326 e. The van der Waals surface area contributed by atoms with Crippen molar-refractivity contribution in [3.63, 3.8) is 0 Å². The van der Waals surface area contributed by atoms with Gasteiger partial charge in [-0.05, 0) is 30.7 Å². The second kappa shape index (κ2) is 20.5. The van der Waals surface area contributed by atoms with E-state index in [1.54, 1.807) is 44.2 Å². The van der Waals surface area contributed by atoms with Gasteiger partial charge in [0.1, 0.15) is 23.9 Å². The van der Waals surface area contributed by atoms with Gasteiger partial charge in [0.2, 0.25) is 17.7 Å². The Kier molecular flexibility index (Phi) is 17.6. The van der Waals surface area contributed by atoms with Gasteiger partial charge in [0.15, 0.2) is 5.96 Å². The summed E-state index contributed by atoms with van der Waals surface area (Å²) in [6.07, 6.45) is 1.32. The normalized spacial score (nSPS) is 14.2. The summed E-state index contributed by atoms with van der Waals surface area (Å²) in [5, 5.41) is 26.5. The first-order valence-electron chi connectivity index (χ1n) is 15.4. The molecule has 0 aliphatic heterocycles. The lowest BCUT2D eigenvalue weighted by Crippen LogP contribution is -2.58. The minimum atomic E-state index is -1.58. The molecular formula is C31H49N7O8. The average Bonchev–Trinajstić information content (AvgIpc) is 2.98. The van der Waals surface area contributed by atoms with Gasteiger partial charge in [-0.15, -0.1) is 0 Å². The fourth-order valence-corrected chi connectivity index (χ4v) is 4.62. The van der Waals surface area contributed by atoms with E-state index in [0.717, 1.165) is 0 Å². The highest BCUT2D eigenvalue weighted by Gasteiger charge is 2.34. The number of rotatable bonds is 22. The third-order valence-corrected chi connectivity index (χ3v) is 7.26. The number of carbonyl (C=O) groups excluding carboxylic acids is 4. The molecule has 5 atom stereocenters. The fourth-order valence-electron chi connectivity index (χ4n) is 4.62. The van der Waals surface area contributed by atoms with Crippen molar-refractivity contribution in [3.8, 4) is 0 Å². The Labute approximate surface area is 269 Å². The maximum absolute atomic E-state index is 13.3. The van der Waals surface area contributed by atoms with Crippen LogP contribution in [-0.2, 0) is 35.2 Å². The molecule has 1 aromatic carbocycles. The van der Waals surface area contributed by atoms with Crippen LogP contribution in [-0.4, -0.2) is 82.3 Å². The van der Waals surface area contributed by atoms with Gasteiger partial charge in [0.25, 0.3) is 0 Å². The molecule has 0 fully saturated rings. The van der Waals surface area contributed by atoms with Gasteiger partial charge >= 0.3 is 11.9 Å². The van der Waals surface area contributed by atoms with Crippen molar-refractivity contribution in [2.24, 2.45) is 34.0 Å². The Bertz CT molecular complexity index is 1200. The van der Waals surface area contributed by atoms with Crippen LogP contribution in [0.2, 0.25) is 0 Å². The van der Waals surface area contributed by atoms with E-state index in [4.69, 9.17) is 17.2 Å². The van der Waals surface area contributed by atoms with E-state index in [1.807, 2.05) is 6.92 Å². The van der Waals surface area contributed by atoms with Crippen LogP contribution in [0.3, 0.4) is 0 Å². The zero-order valence-electron chi connectivity index (χ0n) is 26.7. The molecule has 0 bridgehead atoms. The highest BCUT2D eigenvalue weighted by molar-refractivity contribution is 5.96. The number of nitrogens with zero attached hydrogens (tertiary/aromatic N) is 1. The number of unbranched alkanes of at least 4 members (excludes halogenated alkanes) is 1. The first-order valence-corrected chi connectivity index (χ1v) is 15.4. The zero-order chi connectivity index (χ0) is 34.8. The third kappa shape index (κ3) is 15.0. The second-order valence-corrected chi connectivity index (χ2v) is 11.5. The molecular weight excluding hydrogens is 598 g/mol. The SMILES string of the molecule is CCCCC(CC(=O)[C@@H](N)CCCN=C(N)N)C(=O)N[C@@H](CC(=O)O)C(=O)NC(C(=O)N[C@@H](Cc1ccccc1)C(=O)O)C(C)C. The molecule has 0 saturated carbocycles. The standard InChI is InChI=1S/C31H49N7O8/c1-4-5-12-20(16-24(39)21(32)13-9-14-35-31(33)34)27(42)36-22(17-25(40)41)28(43)38-26(18(2)3)29(44)37-23(30(45)46)15-19-10-7-6-8-11-19/h6-8,10-11,18,20-23,26H,4-5,9,12-17,32H2,1-3H3,(H,36,42)(H,37,44)(H,38,43)(H,40,41)(H,45,46)(H4,33,34,35)/t20?,21-,22-,23-,26?/m0/s1. The van der Waals surface area contributed by atoms with E-state index in [1.165, 1.54) is 0 Å². The topological polar surface area (TPSA) is 269 Å². The maximum atomic E-state index is 13.3.